The first-order chi connectivity index (χ1) is 14.4. The van der Waals surface area contributed by atoms with Gasteiger partial charge in [0.05, 0.1) is 30.7 Å². The molecule has 2 saturated heterocycles. The second kappa shape index (κ2) is 8.47. The number of benzene rings is 1. The molecule has 0 radical (unpaired) electrons. The lowest BCUT2D eigenvalue weighted by Crippen LogP contribution is -2.49. The fourth-order valence-electron chi connectivity index (χ4n) is 3.64. The van der Waals surface area contributed by atoms with Crippen LogP contribution in [0.5, 0.6) is 0 Å². The largest absolute Gasteiger partial charge is 0.416 e. The first kappa shape index (κ1) is 20.4. The van der Waals surface area contributed by atoms with Crippen LogP contribution in [0.25, 0.3) is 0 Å². The van der Waals surface area contributed by atoms with Crippen molar-refractivity contribution < 1.29 is 22.7 Å². The van der Waals surface area contributed by atoms with E-state index >= 15 is 0 Å². The highest BCUT2D eigenvalue weighted by Gasteiger charge is 2.32. The molecule has 0 unspecified atom stereocenters. The molecule has 0 N–H and O–H groups in total. The summed E-state index contributed by atoms with van der Waals surface area (Å²) in [5.41, 5.74) is 0.209. The van der Waals surface area contributed by atoms with E-state index in [1.165, 1.54) is 12.1 Å². The topological polar surface area (TPSA) is 61.8 Å². The number of carbonyl (C=O) groups is 1. The zero-order valence-corrected chi connectivity index (χ0v) is 16.3. The molecule has 10 heteroatoms. The van der Waals surface area contributed by atoms with E-state index in [0.29, 0.717) is 39.4 Å². The fourth-order valence-corrected chi connectivity index (χ4v) is 3.64. The predicted octanol–water partition coefficient (Wildman–Crippen LogP) is 2.29. The van der Waals surface area contributed by atoms with Crippen molar-refractivity contribution in [3.05, 3.63) is 47.7 Å². The molecule has 30 heavy (non-hydrogen) atoms. The molecule has 2 aliphatic rings. The molecule has 2 aliphatic heterocycles. The van der Waals surface area contributed by atoms with E-state index in [1.54, 1.807) is 11.1 Å². The molecule has 0 aliphatic carbocycles. The smallest absolute Gasteiger partial charge is 0.378 e. The summed E-state index contributed by atoms with van der Waals surface area (Å²) in [5.74, 6) is 0.332. The monoisotopic (exact) mass is 421 g/mol. The zero-order chi connectivity index (χ0) is 21.1. The standard InChI is InChI=1S/C20H22F3N5O2/c21-20(22,23)16-3-1-2-15(12-16)19(29)28-6-4-27(5-7-28)18-13-17(14-24-25-18)26-8-10-30-11-9-26/h1-3,12-14H,4-11H2. The maximum absolute atomic E-state index is 12.9. The lowest BCUT2D eigenvalue weighted by molar-refractivity contribution is -0.137. The highest BCUT2D eigenvalue weighted by Crippen LogP contribution is 2.30. The van der Waals surface area contributed by atoms with Crippen LogP contribution in [0.1, 0.15) is 15.9 Å². The third kappa shape index (κ3) is 4.48. The molecule has 3 heterocycles. The number of rotatable bonds is 3. The minimum Gasteiger partial charge on any atom is -0.378 e. The number of nitrogens with zero attached hydrogens (tertiary/aromatic N) is 5. The number of halogens is 3. The van der Waals surface area contributed by atoms with Crippen LogP contribution in [0, 0.1) is 0 Å². The van der Waals surface area contributed by atoms with E-state index in [2.05, 4.69) is 15.1 Å². The van der Waals surface area contributed by atoms with Crippen LogP contribution in [0.2, 0.25) is 0 Å². The second-order valence-corrected chi connectivity index (χ2v) is 7.23. The van der Waals surface area contributed by atoms with Crippen LogP contribution in [0.3, 0.4) is 0 Å². The van der Waals surface area contributed by atoms with Gasteiger partial charge in [0.25, 0.3) is 5.91 Å². The Morgan fingerprint density at radius 3 is 2.40 bits per heavy atom. The van der Waals surface area contributed by atoms with Gasteiger partial charge in [0.2, 0.25) is 0 Å². The molecule has 1 aromatic heterocycles. The molecule has 1 amide bonds. The molecule has 0 saturated carbocycles. The van der Waals surface area contributed by atoms with Gasteiger partial charge in [-0.25, -0.2) is 0 Å². The van der Waals surface area contributed by atoms with E-state index < -0.39 is 17.6 Å². The molecule has 0 spiro atoms. The summed E-state index contributed by atoms with van der Waals surface area (Å²) in [7, 11) is 0. The van der Waals surface area contributed by atoms with Crippen molar-refractivity contribution in [1.82, 2.24) is 15.1 Å². The normalized spacial score (nSPS) is 17.9. The van der Waals surface area contributed by atoms with Crippen molar-refractivity contribution in [3.63, 3.8) is 0 Å². The number of piperazine rings is 1. The van der Waals surface area contributed by atoms with Crippen LogP contribution < -0.4 is 9.80 Å². The zero-order valence-electron chi connectivity index (χ0n) is 16.3. The molecule has 0 bridgehead atoms. The quantitative estimate of drug-likeness (QED) is 0.758. The number of carbonyl (C=O) groups excluding carboxylic acids is 1. The first-order valence-electron chi connectivity index (χ1n) is 9.79. The van der Waals surface area contributed by atoms with Gasteiger partial charge in [-0.15, -0.1) is 5.10 Å². The number of hydrogen-bond donors (Lipinski definition) is 0. The van der Waals surface area contributed by atoms with Crippen LogP contribution in [0.4, 0.5) is 24.7 Å². The summed E-state index contributed by atoms with van der Waals surface area (Å²) < 4.78 is 44.2. The van der Waals surface area contributed by atoms with Crippen molar-refractivity contribution in [1.29, 1.82) is 0 Å². The van der Waals surface area contributed by atoms with Crippen molar-refractivity contribution in [3.8, 4) is 0 Å². The van der Waals surface area contributed by atoms with Gasteiger partial charge in [0, 0.05) is 50.9 Å². The summed E-state index contributed by atoms with van der Waals surface area (Å²) >= 11 is 0. The summed E-state index contributed by atoms with van der Waals surface area (Å²) in [4.78, 5) is 18.5. The Hall–Kier alpha value is -2.88. The van der Waals surface area contributed by atoms with Gasteiger partial charge in [-0.1, -0.05) is 6.07 Å². The Labute approximate surface area is 172 Å². The van der Waals surface area contributed by atoms with Crippen molar-refractivity contribution in [2.75, 3.05) is 62.3 Å². The van der Waals surface area contributed by atoms with E-state index in [1.807, 2.05) is 11.0 Å². The van der Waals surface area contributed by atoms with Gasteiger partial charge in [-0.05, 0) is 18.2 Å². The lowest BCUT2D eigenvalue weighted by atomic mass is 10.1. The molecule has 7 nitrogen and oxygen atoms in total. The fraction of sp³-hybridized carbons (Fsp3) is 0.450. The maximum Gasteiger partial charge on any atom is 0.416 e. The van der Waals surface area contributed by atoms with Crippen LogP contribution in [-0.4, -0.2) is 73.5 Å². The number of alkyl halides is 3. The number of morpholine rings is 1. The van der Waals surface area contributed by atoms with E-state index in [9.17, 15) is 18.0 Å². The summed E-state index contributed by atoms with van der Waals surface area (Å²) in [6.07, 6.45) is -2.75. The van der Waals surface area contributed by atoms with E-state index in [4.69, 9.17) is 4.74 Å². The van der Waals surface area contributed by atoms with Gasteiger partial charge in [0.15, 0.2) is 5.82 Å². The molecule has 2 fully saturated rings. The summed E-state index contributed by atoms with van der Waals surface area (Å²) in [5, 5.41) is 8.32. The van der Waals surface area contributed by atoms with Crippen molar-refractivity contribution >= 4 is 17.4 Å². The molecular weight excluding hydrogens is 399 g/mol. The number of amides is 1. The van der Waals surface area contributed by atoms with Gasteiger partial charge < -0.3 is 19.4 Å². The molecule has 160 valence electrons. The van der Waals surface area contributed by atoms with Crippen LogP contribution in [-0.2, 0) is 10.9 Å². The van der Waals surface area contributed by atoms with Crippen LogP contribution in [0.15, 0.2) is 36.5 Å². The number of hydrogen-bond acceptors (Lipinski definition) is 6. The average Bonchev–Trinajstić information content (AvgIpc) is 2.79. The highest BCUT2D eigenvalue weighted by atomic mass is 19.4. The summed E-state index contributed by atoms with van der Waals surface area (Å²) in [6, 6.07) is 6.53. The number of ether oxygens (including phenoxy) is 1. The van der Waals surface area contributed by atoms with Gasteiger partial charge in [-0.3, -0.25) is 4.79 Å². The Kier molecular flexibility index (Phi) is 5.76. The third-order valence-electron chi connectivity index (χ3n) is 5.33. The van der Waals surface area contributed by atoms with Gasteiger partial charge >= 0.3 is 6.18 Å². The van der Waals surface area contributed by atoms with Gasteiger partial charge in [-0.2, -0.15) is 18.3 Å². The Balaban J connectivity index is 1.40. The molecule has 4 rings (SSSR count). The minimum absolute atomic E-state index is 0.0485. The number of aromatic nitrogens is 2. The van der Waals surface area contributed by atoms with E-state index in [-0.39, 0.29) is 5.56 Å². The van der Waals surface area contributed by atoms with Crippen molar-refractivity contribution in [2.24, 2.45) is 0 Å². The third-order valence-corrected chi connectivity index (χ3v) is 5.33. The average molecular weight is 421 g/mol. The number of anilines is 2. The lowest BCUT2D eigenvalue weighted by Gasteiger charge is -2.36. The van der Waals surface area contributed by atoms with Gasteiger partial charge in [0.1, 0.15) is 0 Å². The summed E-state index contributed by atoms with van der Waals surface area (Å²) in [6.45, 7) is 4.81. The molecule has 0 atom stereocenters. The Bertz CT molecular complexity index is 894. The minimum atomic E-state index is -4.47. The molecule has 1 aromatic carbocycles. The maximum atomic E-state index is 12.9. The van der Waals surface area contributed by atoms with Crippen molar-refractivity contribution in [2.45, 2.75) is 6.18 Å². The Morgan fingerprint density at radius 1 is 0.967 bits per heavy atom. The second-order valence-electron chi connectivity index (χ2n) is 7.23. The molecular formula is C20H22F3N5O2. The highest BCUT2D eigenvalue weighted by molar-refractivity contribution is 5.94. The Morgan fingerprint density at radius 2 is 1.70 bits per heavy atom. The van der Waals surface area contributed by atoms with Crippen LogP contribution >= 0.6 is 0 Å². The predicted molar refractivity (Wildman–Crippen MR) is 105 cm³/mol. The van der Waals surface area contributed by atoms with E-state index in [0.717, 1.165) is 36.7 Å². The first-order valence-corrected chi connectivity index (χ1v) is 9.79. The molecule has 2 aromatic rings. The SMILES string of the molecule is O=C(c1cccc(C(F)(F)F)c1)N1CCN(c2cc(N3CCOCC3)cnn2)CC1.